The highest BCUT2D eigenvalue weighted by molar-refractivity contribution is 6.06. The van der Waals surface area contributed by atoms with Crippen LogP contribution in [-0.4, -0.2) is 25.6 Å². The van der Waals surface area contributed by atoms with Gasteiger partial charge in [0.05, 0.1) is 19.8 Å². The minimum atomic E-state index is -0.0551. The Bertz CT molecular complexity index is 790. The molecule has 2 aromatic carbocycles. The van der Waals surface area contributed by atoms with Crippen molar-refractivity contribution < 1.29 is 19.0 Å². The van der Waals surface area contributed by atoms with Gasteiger partial charge in [0.15, 0.2) is 5.78 Å². The van der Waals surface area contributed by atoms with E-state index in [4.69, 9.17) is 14.2 Å². The van der Waals surface area contributed by atoms with Crippen LogP contribution in [0.4, 0.5) is 0 Å². The molecule has 0 radical (unpaired) electrons. The monoisotopic (exact) mass is 410 g/mol. The minimum absolute atomic E-state index is 0.0551. The van der Waals surface area contributed by atoms with Gasteiger partial charge in [-0.3, -0.25) is 4.79 Å². The summed E-state index contributed by atoms with van der Waals surface area (Å²) >= 11 is 0. The molecule has 0 unspecified atom stereocenters. The molecule has 0 saturated heterocycles. The maximum atomic E-state index is 12.6. The molecule has 30 heavy (non-hydrogen) atoms. The number of hydrogen-bond acceptors (Lipinski definition) is 4. The Morgan fingerprint density at radius 1 is 0.867 bits per heavy atom. The highest BCUT2D eigenvalue weighted by atomic mass is 16.5. The number of ketones is 1. The van der Waals surface area contributed by atoms with Crippen LogP contribution >= 0.6 is 0 Å². The molecule has 0 spiro atoms. The Morgan fingerprint density at radius 3 is 1.93 bits per heavy atom. The average Bonchev–Trinajstić information content (AvgIpc) is 2.75. The van der Waals surface area contributed by atoms with Crippen LogP contribution in [0.25, 0.3) is 6.08 Å². The summed E-state index contributed by atoms with van der Waals surface area (Å²) in [6, 6.07) is 11.1. The first-order valence-corrected chi connectivity index (χ1v) is 10.9. The van der Waals surface area contributed by atoms with Crippen LogP contribution in [0.2, 0.25) is 0 Å². The second-order valence-electron chi connectivity index (χ2n) is 7.20. The van der Waals surface area contributed by atoms with E-state index in [0.717, 1.165) is 54.1 Å². The Hall–Kier alpha value is -2.75. The summed E-state index contributed by atoms with van der Waals surface area (Å²) in [5.41, 5.74) is 2.51. The first kappa shape index (κ1) is 23.5. The number of hydrogen-bond donors (Lipinski definition) is 0. The molecule has 2 rings (SSSR count). The normalized spacial score (nSPS) is 10.9. The number of carbonyl (C=O) groups is 1. The quantitative estimate of drug-likeness (QED) is 0.211. The van der Waals surface area contributed by atoms with Gasteiger partial charge in [0.1, 0.15) is 17.2 Å². The largest absolute Gasteiger partial charge is 0.494 e. The van der Waals surface area contributed by atoms with E-state index in [1.807, 2.05) is 44.2 Å². The first-order chi connectivity index (χ1) is 14.6. The van der Waals surface area contributed by atoms with Gasteiger partial charge in [0, 0.05) is 11.1 Å². The van der Waals surface area contributed by atoms with Gasteiger partial charge in [0.2, 0.25) is 0 Å². The molecule has 0 fully saturated rings. The smallest absolute Gasteiger partial charge is 0.185 e. The Kier molecular flexibility index (Phi) is 9.99. The van der Waals surface area contributed by atoms with Gasteiger partial charge in [-0.2, -0.15) is 0 Å². The molecule has 2 aromatic rings. The summed E-state index contributed by atoms with van der Waals surface area (Å²) in [6.07, 6.45) is 7.57. The van der Waals surface area contributed by atoms with Crippen LogP contribution in [0.1, 0.15) is 67.9 Å². The predicted octanol–water partition coefficient (Wildman–Crippen LogP) is 6.65. The van der Waals surface area contributed by atoms with E-state index in [0.29, 0.717) is 25.4 Å². The van der Waals surface area contributed by atoms with Crippen molar-refractivity contribution in [1.29, 1.82) is 0 Å². The summed E-state index contributed by atoms with van der Waals surface area (Å²) < 4.78 is 17.4. The fourth-order valence-corrected chi connectivity index (χ4v) is 2.88. The molecule has 0 bridgehead atoms. The van der Waals surface area contributed by atoms with Crippen molar-refractivity contribution in [2.24, 2.45) is 0 Å². The highest BCUT2D eigenvalue weighted by Gasteiger charge is 2.10. The lowest BCUT2D eigenvalue weighted by molar-refractivity contribution is 0.104. The van der Waals surface area contributed by atoms with Gasteiger partial charge >= 0.3 is 0 Å². The van der Waals surface area contributed by atoms with Crippen molar-refractivity contribution >= 4 is 11.9 Å². The predicted molar refractivity (Wildman–Crippen MR) is 123 cm³/mol. The van der Waals surface area contributed by atoms with E-state index in [1.165, 1.54) is 0 Å². The van der Waals surface area contributed by atoms with E-state index >= 15 is 0 Å². The molecule has 0 aromatic heterocycles. The molecule has 0 heterocycles. The maximum Gasteiger partial charge on any atom is 0.185 e. The van der Waals surface area contributed by atoms with Crippen LogP contribution < -0.4 is 14.2 Å². The molecular formula is C26H34O4. The lowest BCUT2D eigenvalue weighted by Crippen LogP contribution is -2.03. The second-order valence-corrected chi connectivity index (χ2v) is 7.20. The van der Waals surface area contributed by atoms with Crippen molar-refractivity contribution in [3.63, 3.8) is 0 Å². The summed E-state index contributed by atoms with van der Waals surface area (Å²) in [4.78, 5) is 12.6. The van der Waals surface area contributed by atoms with Crippen LogP contribution in [0.15, 0.2) is 42.5 Å². The molecule has 0 aliphatic heterocycles. The molecule has 0 amide bonds. The number of carbonyl (C=O) groups excluding carboxylic acids is 1. The second kappa shape index (κ2) is 12.7. The highest BCUT2D eigenvalue weighted by Crippen LogP contribution is 2.31. The molecule has 4 nitrogen and oxygen atoms in total. The molecule has 0 atom stereocenters. The Labute approximate surface area is 180 Å². The molecule has 0 aliphatic rings. The maximum absolute atomic E-state index is 12.6. The number of ether oxygens (including phenoxy) is 3. The Morgan fingerprint density at radius 2 is 1.43 bits per heavy atom. The first-order valence-electron chi connectivity index (χ1n) is 10.9. The van der Waals surface area contributed by atoms with E-state index < -0.39 is 0 Å². The van der Waals surface area contributed by atoms with Crippen molar-refractivity contribution in [3.8, 4) is 17.2 Å². The summed E-state index contributed by atoms with van der Waals surface area (Å²) in [5, 5.41) is 0. The van der Waals surface area contributed by atoms with Crippen LogP contribution in [0.3, 0.4) is 0 Å². The third-order valence-electron chi connectivity index (χ3n) is 4.72. The zero-order valence-corrected chi connectivity index (χ0v) is 18.7. The SMILES string of the molecule is CCCCOc1cc(C=CC(=O)c2ccc(OCC)cc2)cc(OCCCC)c1C. The lowest BCUT2D eigenvalue weighted by Gasteiger charge is -2.15. The van der Waals surface area contributed by atoms with Gasteiger partial charge in [-0.1, -0.05) is 32.8 Å². The van der Waals surface area contributed by atoms with Gasteiger partial charge in [-0.25, -0.2) is 0 Å². The number of rotatable bonds is 13. The summed E-state index contributed by atoms with van der Waals surface area (Å²) in [6.45, 7) is 10.2. The van der Waals surface area contributed by atoms with Crippen molar-refractivity contribution in [1.82, 2.24) is 0 Å². The molecule has 0 N–H and O–H groups in total. The Balaban J connectivity index is 2.19. The topological polar surface area (TPSA) is 44.8 Å². The van der Waals surface area contributed by atoms with E-state index in [2.05, 4.69) is 13.8 Å². The third kappa shape index (κ3) is 7.25. The van der Waals surface area contributed by atoms with Crippen molar-refractivity contribution in [3.05, 3.63) is 59.2 Å². The van der Waals surface area contributed by atoms with Crippen LogP contribution in [0.5, 0.6) is 17.2 Å². The average molecular weight is 411 g/mol. The molecule has 0 saturated carbocycles. The fraction of sp³-hybridized carbons (Fsp3) is 0.423. The standard InChI is InChI=1S/C26H34O4/c1-5-8-16-29-25-18-21(19-26(20(25)4)30-17-9-6-2)10-15-24(27)22-11-13-23(14-12-22)28-7-3/h10-15,18-19H,5-9,16-17H2,1-4H3. The molecule has 0 aliphatic carbocycles. The van der Waals surface area contributed by atoms with Crippen molar-refractivity contribution in [2.75, 3.05) is 19.8 Å². The zero-order valence-electron chi connectivity index (χ0n) is 18.7. The van der Waals surface area contributed by atoms with Gasteiger partial charge in [-0.05, 0) is 74.7 Å². The summed E-state index contributed by atoms with van der Waals surface area (Å²) in [7, 11) is 0. The third-order valence-corrected chi connectivity index (χ3v) is 4.72. The molecule has 162 valence electrons. The number of unbranched alkanes of at least 4 members (excludes halogenated alkanes) is 2. The number of allylic oxidation sites excluding steroid dienone is 1. The van der Waals surface area contributed by atoms with Crippen LogP contribution in [-0.2, 0) is 0 Å². The van der Waals surface area contributed by atoms with Gasteiger partial charge in [-0.15, -0.1) is 0 Å². The van der Waals surface area contributed by atoms with Crippen molar-refractivity contribution in [2.45, 2.75) is 53.4 Å². The van der Waals surface area contributed by atoms with Gasteiger partial charge < -0.3 is 14.2 Å². The fourth-order valence-electron chi connectivity index (χ4n) is 2.88. The van der Waals surface area contributed by atoms with Gasteiger partial charge in [0.25, 0.3) is 0 Å². The molecule has 4 heteroatoms. The molecular weight excluding hydrogens is 376 g/mol. The summed E-state index contributed by atoms with van der Waals surface area (Å²) in [5.74, 6) is 2.33. The van der Waals surface area contributed by atoms with E-state index in [-0.39, 0.29) is 5.78 Å². The zero-order chi connectivity index (χ0) is 21.8. The minimum Gasteiger partial charge on any atom is -0.494 e. The van der Waals surface area contributed by atoms with Crippen LogP contribution in [0, 0.1) is 6.92 Å². The van der Waals surface area contributed by atoms with E-state index in [9.17, 15) is 4.79 Å². The van der Waals surface area contributed by atoms with E-state index in [1.54, 1.807) is 18.2 Å². The number of benzene rings is 2. The lowest BCUT2D eigenvalue weighted by atomic mass is 10.1.